The molecule has 2 amide bonds. The van der Waals surface area contributed by atoms with E-state index in [0.717, 1.165) is 44.4 Å². The maximum atomic E-state index is 12.7. The van der Waals surface area contributed by atoms with Gasteiger partial charge in [0.05, 0.1) is 41.0 Å². The third-order valence-corrected chi connectivity index (χ3v) is 9.76. The normalized spacial score (nSPS) is 15.5. The molecule has 8 nitrogen and oxygen atoms in total. The van der Waals surface area contributed by atoms with Gasteiger partial charge in [0.25, 0.3) is 5.91 Å². The Labute approximate surface area is 241 Å². The van der Waals surface area contributed by atoms with Crippen molar-refractivity contribution in [3.63, 3.8) is 0 Å². The predicted octanol–water partition coefficient (Wildman–Crippen LogP) is 5.27. The molecule has 0 radical (unpaired) electrons. The van der Waals surface area contributed by atoms with Gasteiger partial charge in [-0.05, 0) is 55.9 Å². The Morgan fingerprint density at radius 2 is 2.08 bits per heavy atom. The maximum Gasteiger partial charge on any atom is 0.341 e. The van der Waals surface area contributed by atoms with Crippen LogP contribution in [-0.4, -0.2) is 54.2 Å². The van der Waals surface area contributed by atoms with E-state index in [-0.39, 0.29) is 23.3 Å². The third-order valence-electron chi connectivity index (χ3n) is 6.14. The van der Waals surface area contributed by atoms with Crippen LogP contribution in [0.1, 0.15) is 41.1 Å². The number of ether oxygens (including phenoxy) is 2. The van der Waals surface area contributed by atoms with E-state index in [4.69, 9.17) is 9.47 Å². The first-order valence-corrected chi connectivity index (χ1v) is 15.9. The van der Waals surface area contributed by atoms with Crippen molar-refractivity contribution in [2.24, 2.45) is 10.9 Å². The van der Waals surface area contributed by atoms with E-state index in [9.17, 15) is 14.4 Å². The molecule has 1 aromatic carbocycles. The van der Waals surface area contributed by atoms with E-state index < -0.39 is 5.97 Å². The van der Waals surface area contributed by atoms with Crippen LogP contribution >= 0.6 is 50.4 Å². The number of amides is 2. The van der Waals surface area contributed by atoms with Gasteiger partial charge in [-0.3, -0.25) is 9.59 Å². The van der Waals surface area contributed by atoms with Crippen LogP contribution in [-0.2, 0) is 38.4 Å². The fourth-order valence-electron chi connectivity index (χ4n) is 4.34. The number of carbonyl (C=O) groups excluding carboxylic acids is 3. The lowest BCUT2D eigenvalue weighted by atomic mass is 9.88. The molecule has 2 heterocycles. The number of hydrogen-bond donors (Lipinski definition) is 1. The lowest BCUT2D eigenvalue weighted by molar-refractivity contribution is -0.115. The molecule has 0 aliphatic heterocycles. The van der Waals surface area contributed by atoms with E-state index in [2.05, 4.69) is 33.2 Å². The number of thiophene rings is 1. The highest BCUT2D eigenvalue weighted by Crippen LogP contribution is 2.40. The molecule has 0 saturated carbocycles. The number of nitrogens with one attached hydrogen (secondary N) is 1. The van der Waals surface area contributed by atoms with Crippen molar-refractivity contribution in [3.8, 4) is 0 Å². The summed E-state index contributed by atoms with van der Waals surface area (Å²) in [6.45, 7) is 5.86. The van der Waals surface area contributed by atoms with E-state index in [0.29, 0.717) is 41.0 Å². The topological polar surface area (TPSA) is 99.0 Å². The monoisotopic (exact) mass is 639 g/mol. The largest absolute Gasteiger partial charge is 0.465 e. The molecular weight excluding hydrogens is 610 g/mol. The van der Waals surface area contributed by atoms with Crippen LogP contribution < -0.4 is 10.1 Å². The lowest BCUT2D eigenvalue weighted by Crippen LogP contribution is -2.20. The molecular formula is C26H30BrN3O5S3. The van der Waals surface area contributed by atoms with Crippen LogP contribution in [0.3, 0.4) is 0 Å². The van der Waals surface area contributed by atoms with Gasteiger partial charge in [0, 0.05) is 22.5 Å². The van der Waals surface area contributed by atoms with Crippen LogP contribution in [0.15, 0.2) is 27.7 Å². The van der Waals surface area contributed by atoms with E-state index in [1.807, 2.05) is 29.7 Å². The minimum atomic E-state index is -0.429. The summed E-state index contributed by atoms with van der Waals surface area (Å²) in [4.78, 5) is 43.9. The standard InChI is InChI=1S/C26H30BrN3O5S3/c1-4-35-10-9-30-18-8-6-16(27)12-20(18)38-26(30)29-22(32)14-36-13-21(31)28-24-23(25(33)34-3)17-7-5-15(2)11-19(17)37-24/h6,8,12,15H,4-5,7,9-11,13-14H2,1-3H3,(H,28,31). The molecule has 1 N–H and O–H groups in total. The number of anilines is 1. The Balaban J connectivity index is 1.41. The van der Waals surface area contributed by atoms with Crippen molar-refractivity contribution >= 4 is 83.4 Å². The van der Waals surface area contributed by atoms with Gasteiger partial charge in [-0.25, -0.2) is 4.79 Å². The van der Waals surface area contributed by atoms with E-state index in [1.54, 1.807) is 0 Å². The number of thiazole rings is 1. The minimum Gasteiger partial charge on any atom is -0.465 e. The summed E-state index contributed by atoms with van der Waals surface area (Å²) >= 11 is 7.59. The Hall–Kier alpha value is -1.99. The van der Waals surface area contributed by atoms with Gasteiger partial charge in [-0.1, -0.05) is 34.2 Å². The highest BCUT2D eigenvalue weighted by atomic mass is 79.9. The number of methoxy groups -OCH3 is 1. The molecule has 1 aliphatic rings. The van der Waals surface area contributed by atoms with Gasteiger partial charge in [0.15, 0.2) is 4.80 Å². The summed E-state index contributed by atoms with van der Waals surface area (Å²) in [6, 6.07) is 5.96. The smallest absolute Gasteiger partial charge is 0.341 e. The molecule has 1 atom stereocenters. The van der Waals surface area contributed by atoms with Crippen LogP contribution in [0.2, 0.25) is 0 Å². The summed E-state index contributed by atoms with van der Waals surface area (Å²) in [5.41, 5.74) is 2.45. The quantitative estimate of drug-likeness (QED) is 0.240. The average molecular weight is 641 g/mol. The third kappa shape index (κ3) is 6.95. The number of benzene rings is 1. The zero-order chi connectivity index (χ0) is 27.2. The van der Waals surface area contributed by atoms with Crippen molar-refractivity contribution in [1.29, 1.82) is 0 Å². The lowest BCUT2D eigenvalue weighted by Gasteiger charge is -2.18. The van der Waals surface area contributed by atoms with Crippen molar-refractivity contribution in [2.45, 2.75) is 39.7 Å². The molecule has 3 aromatic rings. The Morgan fingerprint density at radius 1 is 1.26 bits per heavy atom. The highest BCUT2D eigenvalue weighted by molar-refractivity contribution is 9.10. The molecule has 0 spiro atoms. The molecule has 204 valence electrons. The summed E-state index contributed by atoms with van der Waals surface area (Å²) in [7, 11) is 1.35. The minimum absolute atomic E-state index is 0.0686. The second-order valence-corrected chi connectivity index (χ2v) is 13.0. The van der Waals surface area contributed by atoms with Gasteiger partial charge in [-0.2, -0.15) is 4.99 Å². The van der Waals surface area contributed by atoms with Gasteiger partial charge < -0.3 is 19.4 Å². The molecule has 38 heavy (non-hydrogen) atoms. The van der Waals surface area contributed by atoms with Crippen molar-refractivity contribution in [1.82, 2.24) is 4.57 Å². The number of fused-ring (bicyclic) bond motifs is 2. The van der Waals surface area contributed by atoms with Gasteiger partial charge in [0.2, 0.25) is 5.91 Å². The molecule has 1 aliphatic carbocycles. The van der Waals surface area contributed by atoms with Crippen LogP contribution in [0.25, 0.3) is 10.2 Å². The second kappa shape index (κ2) is 13.4. The fraction of sp³-hybridized carbons (Fsp3) is 0.462. The molecule has 1 unspecified atom stereocenters. The zero-order valence-electron chi connectivity index (χ0n) is 21.5. The SMILES string of the molecule is CCOCCn1c(=NC(=O)CSCC(=O)Nc2sc3c(c2C(=O)OC)CCC(C)C3)sc2cc(Br)ccc21. The Kier molecular flexibility index (Phi) is 10.2. The molecule has 2 aromatic heterocycles. The highest BCUT2D eigenvalue weighted by Gasteiger charge is 2.28. The van der Waals surface area contributed by atoms with Crippen LogP contribution in [0.5, 0.6) is 0 Å². The van der Waals surface area contributed by atoms with Crippen molar-refractivity contribution in [2.75, 3.05) is 37.1 Å². The number of aromatic nitrogens is 1. The number of carbonyl (C=O) groups is 3. The van der Waals surface area contributed by atoms with E-state index >= 15 is 0 Å². The molecule has 12 heteroatoms. The molecule has 0 saturated heterocycles. The average Bonchev–Trinajstić information content (AvgIpc) is 3.39. The van der Waals surface area contributed by atoms with Crippen LogP contribution in [0.4, 0.5) is 5.00 Å². The number of thioether (sulfide) groups is 1. The Morgan fingerprint density at radius 3 is 2.84 bits per heavy atom. The molecule has 4 rings (SSSR count). The molecule has 0 bridgehead atoms. The van der Waals surface area contributed by atoms with Crippen molar-refractivity contribution < 1.29 is 23.9 Å². The first-order valence-electron chi connectivity index (χ1n) is 12.3. The van der Waals surface area contributed by atoms with Gasteiger partial charge in [0.1, 0.15) is 5.00 Å². The first-order chi connectivity index (χ1) is 18.3. The summed E-state index contributed by atoms with van der Waals surface area (Å²) < 4.78 is 14.5. The second-order valence-electron chi connectivity index (χ2n) is 8.94. The number of hydrogen-bond acceptors (Lipinski definition) is 8. The number of nitrogens with zero attached hydrogens (tertiary/aromatic N) is 2. The predicted molar refractivity (Wildman–Crippen MR) is 157 cm³/mol. The van der Waals surface area contributed by atoms with Crippen LogP contribution in [0, 0.1) is 5.92 Å². The Bertz CT molecular complexity index is 1410. The summed E-state index contributed by atoms with van der Waals surface area (Å²) in [5, 5.41) is 3.41. The summed E-state index contributed by atoms with van der Waals surface area (Å²) in [5.74, 6) is -0.320. The van der Waals surface area contributed by atoms with E-state index in [1.165, 1.54) is 41.5 Å². The number of rotatable bonds is 10. The summed E-state index contributed by atoms with van der Waals surface area (Å²) in [6.07, 6.45) is 2.70. The number of esters is 1. The van der Waals surface area contributed by atoms with Gasteiger partial charge >= 0.3 is 5.97 Å². The van der Waals surface area contributed by atoms with Gasteiger partial charge in [-0.15, -0.1) is 23.1 Å². The maximum absolute atomic E-state index is 12.7. The van der Waals surface area contributed by atoms with Crippen molar-refractivity contribution in [3.05, 3.63) is 43.5 Å². The first kappa shape index (κ1) is 29.0. The fourth-order valence-corrected chi connectivity index (χ4v) is 7.98. The zero-order valence-corrected chi connectivity index (χ0v) is 25.5. The number of halogens is 1. The molecule has 0 fully saturated rings.